The van der Waals surface area contributed by atoms with Crippen LogP contribution in [0.5, 0.6) is 0 Å². The molecule has 0 saturated heterocycles. The van der Waals surface area contributed by atoms with Crippen LogP contribution in [-0.4, -0.2) is 34.2 Å². The minimum absolute atomic E-state index is 0.125. The first-order valence-corrected chi connectivity index (χ1v) is 5.29. The molecule has 0 aliphatic heterocycles. The Morgan fingerprint density at radius 3 is 2.17 bits per heavy atom. The van der Waals surface area contributed by atoms with Crippen molar-refractivity contribution in [2.75, 3.05) is 6.61 Å². The molecule has 2 N–H and O–H groups in total. The van der Waals surface area contributed by atoms with E-state index in [1.54, 1.807) is 12.1 Å². The standard InChI is InChI=1S/C13H10O5/c14-6-7(15)5-10-11(16)8-3-1-2-4-9(8)12(17)13(10)18/h1-4,14,18H,5-6H2. The maximum Gasteiger partial charge on any atom is 0.228 e. The van der Waals surface area contributed by atoms with Crippen LogP contribution in [0.25, 0.3) is 0 Å². The number of benzene rings is 1. The van der Waals surface area contributed by atoms with Gasteiger partial charge in [-0.1, -0.05) is 24.3 Å². The molecule has 0 heterocycles. The fraction of sp³-hybridized carbons (Fsp3) is 0.154. The molecule has 0 amide bonds. The Kier molecular flexibility index (Phi) is 3.08. The summed E-state index contributed by atoms with van der Waals surface area (Å²) in [5.74, 6) is -2.56. The van der Waals surface area contributed by atoms with Gasteiger partial charge in [0.25, 0.3) is 0 Å². The number of ketones is 3. The minimum Gasteiger partial charge on any atom is -0.504 e. The van der Waals surface area contributed by atoms with Gasteiger partial charge in [0.1, 0.15) is 6.61 Å². The summed E-state index contributed by atoms with van der Waals surface area (Å²) in [6.07, 6.45) is -0.443. The lowest BCUT2D eigenvalue weighted by atomic mass is 9.86. The molecule has 0 radical (unpaired) electrons. The Hall–Kier alpha value is -2.27. The molecule has 18 heavy (non-hydrogen) atoms. The molecule has 0 fully saturated rings. The van der Waals surface area contributed by atoms with E-state index in [1.807, 2.05) is 0 Å². The number of aliphatic hydroxyl groups excluding tert-OH is 2. The number of hydrogen-bond acceptors (Lipinski definition) is 5. The molecular formula is C13H10O5. The number of Topliss-reactive ketones (excluding diaryl/α,β-unsaturated/α-hetero) is 3. The highest BCUT2D eigenvalue weighted by atomic mass is 16.3. The Morgan fingerprint density at radius 2 is 1.61 bits per heavy atom. The predicted octanol–water partition coefficient (Wildman–Crippen LogP) is 0.829. The summed E-state index contributed by atoms with van der Waals surface area (Å²) in [5.41, 5.74) is 0.0407. The monoisotopic (exact) mass is 246 g/mol. The second kappa shape index (κ2) is 4.54. The van der Waals surface area contributed by atoms with Gasteiger partial charge in [-0.05, 0) is 0 Å². The SMILES string of the molecule is O=C(CO)CC1=C(O)C(=O)c2ccccc2C1=O. The van der Waals surface area contributed by atoms with Crippen LogP contribution in [0.3, 0.4) is 0 Å². The van der Waals surface area contributed by atoms with Crippen LogP contribution in [0.2, 0.25) is 0 Å². The average molecular weight is 246 g/mol. The Bertz CT molecular complexity index is 583. The van der Waals surface area contributed by atoms with E-state index >= 15 is 0 Å². The summed E-state index contributed by atoms with van der Waals surface area (Å²) in [6, 6.07) is 6.08. The van der Waals surface area contributed by atoms with Gasteiger partial charge in [-0.2, -0.15) is 0 Å². The fourth-order valence-electron chi connectivity index (χ4n) is 1.83. The van der Waals surface area contributed by atoms with E-state index in [-0.39, 0.29) is 16.7 Å². The highest BCUT2D eigenvalue weighted by Gasteiger charge is 2.32. The first kappa shape index (κ1) is 12.2. The molecule has 92 valence electrons. The van der Waals surface area contributed by atoms with Gasteiger partial charge >= 0.3 is 0 Å². The lowest BCUT2D eigenvalue weighted by molar-refractivity contribution is -0.121. The van der Waals surface area contributed by atoms with Crippen molar-refractivity contribution in [3.8, 4) is 0 Å². The number of rotatable bonds is 3. The summed E-state index contributed by atoms with van der Waals surface area (Å²) < 4.78 is 0. The quantitative estimate of drug-likeness (QED) is 0.824. The van der Waals surface area contributed by atoms with Crippen molar-refractivity contribution in [3.63, 3.8) is 0 Å². The molecule has 0 atom stereocenters. The second-order valence-electron chi connectivity index (χ2n) is 3.90. The number of hydrogen-bond donors (Lipinski definition) is 2. The zero-order valence-electron chi connectivity index (χ0n) is 9.34. The number of allylic oxidation sites excluding steroid dienone is 2. The molecular weight excluding hydrogens is 236 g/mol. The summed E-state index contributed by atoms with van der Waals surface area (Å²) in [6.45, 7) is -0.736. The normalized spacial score (nSPS) is 14.7. The first-order valence-electron chi connectivity index (χ1n) is 5.29. The van der Waals surface area contributed by atoms with Crippen LogP contribution in [0.4, 0.5) is 0 Å². The molecule has 1 aliphatic carbocycles. The van der Waals surface area contributed by atoms with Crippen LogP contribution in [0.15, 0.2) is 35.6 Å². The van der Waals surface area contributed by atoms with Gasteiger partial charge in [0, 0.05) is 17.5 Å². The molecule has 1 aromatic carbocycles. The molecule has 0 bridgehead atoms. The van der Waals surface area contributed by atoms with Crippen molar-refractivity contribution in [1.82, 2.24) is 0 Å². The van der Waals surface area contributed by atoms with Gasteiger partial charge in [0.05, 0.1) is 5.57 Å². The number of carbonyl (C=O) groups excluding carboxylic acids is 3. The van der Waals surface area contributed by atoms with Gasteiger partial charge in [-0.3, -0.25) is 14.4 Å². The summed E-state index contributed by atoms with van der Waals surface area (Å²) >= 11 is 0. The first-order chi connectivity index (χ1) is 8.56. The number of aliphatic hydroxyl groups is 2. The van der Waals surface area contributed by atoms with Crippen LogP contribution < -0.4 is 0 Å². The van der Waals surface area contributed by atoms with E-state index in [4.69, 9.17) is 5.11 Å². The zero-order chi connectivity index (χ0) is 13.3. The van der Waals surface area contributed by atoms with E-state index in [9.17, 15) is 19.5 Å². The largest absolute Gasteiger partial charge is 0.504 e. The van der Waals surface area contributed by atoms with Crippen molar-refractivity contribution in [2.24, 2.45) is 0 Å². The van der Waals surface area contributed by atoms with Crippen LogP contribution in [-0.2, 0) is 4.79 Å². The molecule has 0 spiro atoms. The van der Waals surface area contributed by atoms with E-state index in [0.29, 0.717) is 0 Å². The molecule has 0 unspecified atom stereocenters. The third kappa shape index (κ3) is 1.84. The van der Waals surface area contributed by atoms with Gasteiger partial charge in [-0.25, -0.2) is 0 Å². The van der Waals surface area contributed by atoms with Crippen LogP contribution in [0.1, 0.15) is 27.1 Å². The van der Waals surface area contributed by atoms with Gasteiger partial charge in [0.2, 0.25) is 5.78 Å². The predicted molar refractivity (Wildman–Crippen MR) is 61.5 cm³/mol. The van der Waals surface area contributed by atoms with E-state index in [0.717, 1.165) is 0 Å². The summed E-state index contributed by atoms with van der Waals surface area (Å²) in [7, 11) is 0. The van der Waals surface area contributed by atoms with Crippen molar-refractivity contribution in [1.29, 1.82) is 0 Å². The zero-order valence-corrected chi connectivity index (χ0v) is 9.34. The smallest absolute Gasteiger partial charge is 0.228 e. The highest BCUT2D eigenvalue weighted by Crippen LogP contribution is 2.26. The van der Waals surface area contributed by atoms with Crippen molar-refractivity contribution in [3.05, 3.63) is 46.7 Å². The highest BCUT2D eigenvalue weighted by molar-refractivity contribution is 6.26. The Labute approximate surface area is 102 Å². The molecule has 5 nitrogen and oxygen atoms in total. The molecule has 1 aliphatic rings. The topological polar surface area (TPSA) is 91.7 Å². The third-order valence-corrected chi connectivity index (χ3v) is 2.74. The van der Waals surface area contributed by atoms with Gasteiger partial charge in [0.15, 0.2) is 17.3 Å². The third-order valence-electron chi connectivity index (χ3n) is 2.74. The van der Waals surface area contributed by atoms with Gasteiger partial charge < -0.3 is 10.2 Å². The summed E-state index contributed by atoms with van der Waals surface area (Å²) in [5, 5.41) is 18.3. The number of fused-ring (bicyclic) bond motifs is 1. The van der Waals surface area contributed by atoms with Crippen LogP contribution in [0, 0.1) is 0 Å². The van der Waals surface area contributed by atoms with E-state index in [2.05, 4.69) is 0 Å². The maximum atomic E-state index is 12.0. The Balaban J connectivity index is 2.50. The molecule has 2 rings (SSSR count). The average Bonchev–Trinajstić information content (AvgIpc) is 2.40. The second-order valence-corrected chi connectivity index (χ2v) is 3.90. The van der Waals surface area contributed by atoms with Crippen LogP contribution >= 0.6 is 0 Å². The van der Waals surface area contributed by atoms with E-state index in [1.165, 1.54) is 12.1 Å². The lowest BCUT2D eigenvalue weighted by Crippen LogP contribution is -2.24. The molecule has 5 heteroatoms. The van der Waals surface area contributed by atoms with Crippen molar-refractivity contribution < 1.29 is 24.6 Å². The van der Waals surface area contributed by atoms with E-state index < -0.39 is 36.1 Å². The minimum atomic E-state index is -0.736. The molecule has 0 aromatic heterocycles. The van der Waals surface area contributed by atoms with Crippen molar-refractivity contribution in [2.45, 2.75) is 6.42 Å². The fourth-order valence-corrected chi connectivity index (χ4v) is 1.83. The lowest BCUT2D eigenvalue weighted by Gasteiger charge is -2.16. The molecule has 1 aromatic rings. The molecule has 0 saturated carbocycles. The van der Waals surface area contributed by atoms with Crippen molar-refractivity contribution >= 4 is 17.3 Å². The number of carbonyl (C=O) groups is 3. The summed E-state index contributed by atoms with van der Waals surface area (Å²) in [4.78, 5) is 35.0. The maximum absolute atomic E-state index is 12.0. The Morgan fingerprint density at radius 1 is 1.06 bits per heavy atom. The van der Waals surface area contributed by atoms with Gasteiger partial charge in [-0.15, -0.1) is 0 Å².